The van der Waals surface area contributed by atoms with Crippen molar-refractivity contribution in [3.8, 4) is 0 Å². The summed E-state index contributed by atoms with van der Waals surface area (Å²) in [7, 11) is -1.80. The number of aliphatic hydroxyl groups is 1. The number of thiophene rings is 1. The van der Waals surface area contributed by atoms with Gasteiger partial charge < -0.3 is 5.11 Å². The van der Waals surface area contributed by atoms with E-state index in [1.54, 1.807) is 12.3 Å². The predicted molar refractivity (Wildman–Crippen MR) is 55.7 cm³/mol. The fourth-order valence-corrected chi connectivity index (χ4v) is 3.48. The second-order valence-corrected chi connectivity index (χ2v) is 6.03. The van der Waals surface area contributed by atoms with Gasteiger partial charge in [-0.05, 0) is 17.0 Å². The molecule has 14 heavy (non-hydrogen) atoms. The minimum atomic E-state index is -3.34. The Morgan fingerprint density at radius 2 is 2.21 bits per heavy atom. The smallest absolute Gasteiger partial charge is 0.252 e. The average Bonchev–Trinajstić information content (AvgIpc) is 2.65. The summed E-state index contributed by atoms with van der Waals surface area (Å²) in [5.74, 6) is 0. The highest BCUT2D eigenvalue weighted by Crippen LogP contribution is 2.22. The molecular formula is C8H13NO3S2. The number of sulfonamides is 1. The van der Waals surface area contributed by atoms with E-state index in [1.807, 2.05) is 0 Å². The number of hydrogen-bond acceptors (Lipinski definition) is 4. The lowest BCUT2D eigenvalue weighted by Gasteiger charge is -2.12. The molecule has 0 radical (unpaired) electrons. The molecule has 0 aromatic carbocycles. The van der Waals surface area contributed by atoms with Crippen LogP contribution in [-0.2, 0) is 16.6 Å². The fraction of sp³-hybridized carbons (Fsp3) is 0.500. The maximum atomic E-state index is 11.7. The molecule has 0 spiro atoms. The molecule has 1 N–H and O–H groups in total. The van der Waals surface area contributed by atoms with Crippen LogP contribution in [0.4, 0.5) is 0 Å². The van der Waals surface area contributed by atoms with Crippen molar-refractivity contribution in [1.29, 1.82) is 0 Å². The van der Waals surface area contributed by atoms with Crippen LogP contribution >= 0.6 is 11.3 Å². The minimum Gasteiger partial charge on any atom is -0.392 e. The van der Waals surface area contributed by atoms with Crippen LogP contribution in [0.1, 0.15) is 12.5 Å². The van der Waals surface area contributed by atoms with Crippen LogP contribution in [0.5, 0.6) is 0 Å². The molecule has 6 heteroatoms. The van der Waals surface area contributed by atoms with Crippen LogP contribution in [-0.4, -0.2) is 31.4 Å². The summed E-state index contributed by atoms with van der Waals surface area (Å²) in [5.41, 5.74) is 0.637. The second-order valence-electron chi connectivity index (χ2n) is 2.85. The highest BCUT2D eigenvalue weighted by molar-refractivity contribution is 7.91. The first-order chi connectivity index (χ1) is 6.52. The normalized spacial score (nSPS) is 12.3. The average molecular weight is 235 g/mol. The molecule has 1 aromatic heterocycles. The highest BCUT2D eigenvalue weighted by atomic mass is 32.2. The van der Waals surface area contributed by atoms with Gasteiger partial charge in [0.05, 0.1) is 6.61 Å². The first-order valence-electron chi connectivity index (χ1n) is 4.17. The quantitative estimate of drug-likeness (QED) is 0.843. The van der Waals surface area contributed by atoms with Crippen molar-refractivity contribution in [2.45, 2.75) is 17.7 Å². The highest BCUT2D eigenvalue weighted by Gasteiger charge is 2.20. The Balaban J connectivity index is 3.04. The van der Waals surface area contributed by atoms with Crippen LogP contribution in [0.2, 0.25) is 0 Å². The van der Waals surface area contributed by atoms with Crippen LogP contribution in [0.3, 0.4) is 0 Å². The first-order valence-corrected chi connectivity index (χ1v) is 6.49. The van der Waals surface area contributed by atoms with Crippen LogP contribution in [0.25, 0.3) is 0 Å². The number of nitrogens with zero attached hydrogens (tertiary/aromatic N) is 1. The maximum Gasteiger partial charge on any atom is 0.252 e. The fourth-order valence-electron chi connectivity index (χ4n) is 0.895. The summed E-state index contributed by atoms with van der Waals surface area (Å²) in [6.45, 7) is 2.09. The molecule has 0 aliphatic carbocycles. The van der Waals surface area contributed by atoms with Crippen molar-refractivity contribution in [3.63, 3.8) is 0 Å². The lowest BCUT2D eigenvalue weighted by molar-refractivity contribution is 0.282. The standard InChI is InChI=1S/C8H13NO3S2/c1-3-9(2)14(11,12)8-4-7(5-10)6-13-8/h4,6,10H,3,5H2,1-2H3. The Morgan fingerprint density at radius 1 is 1.57 bits per heavy atom. The lowest BCUT2D eigenvalue weighted by atomic mass is 10.4. The van der Waals surface area contributed by atoms with Gasteiger partial charge in [0.2, 0.25) is 0 Å². The summed E-state index contributed by atoms with van der Waals surface area (Å²) in [6, 6.07) is 1.51. The molecule has 1 rings (SSSR count). The molecule has 0 bridgehead atoms. The molecule has 80 valence electrons. The van der Waals surface area contributed by atoms with Gasteiger partial charge >= 0.3 is 0 Å². The lowest BCUT2D eigenvalue weighted by Crippen LogP contribution is -2.25. The number of rotatable bonds is 4. The zero-order valence-corrected chi connectivity index (χ0v) is 9.73. The van der Waals surface area contributed by atoms with E-state index in [2.05, 4.69) is 0 Å². The molecule has 0 aliphatic heterocycles. The van der Waals surface area contributed by atoms with E-state index in [0.717, 1.165) is 11.3 Å². The van der Waals surface area contributed by atoms with Crippen molar-refractivity contribution >= 4 is 21.4 Å². The van der Waals surface area contributed by atoms with E-state index in [-0.39, 0.29) is 10.8 Å². The van der Waals surface area contributed by atoms with Gasteiger partial charge in [0, 0.05) is 13.6 Å². The van der Waals surface area contributed by atoms with Gasteiger partial charge in [0.15, 0.2) is 0 Å². The Kier molecular flexibility index (Phi) is 3.65. The molecule has 0 amide bonds. The molecule has 0 atom stereocenters. The third-order valence-electron chi connectivity index (χ3n) is 1.92. The van der Waals surface area contributed by atoms with Crippen molar-refractivity contribution in [2.24, 2.45) is 0 Å². The third kappa shape index (κ3) is 2.14. The Labute approximate surface area is 87.8 Å². The summed E-state index contributed by atoms with van der Waals surface area (Å²) in [4.78, 5) is 0. The van der Waals surface area contributed by atoms with E-state index in [4.69, 9.17) is 5.11 Å². The van der Waals surface area contributed by atoms with E-state index in [9.17, 15) is 8.42 Å². The third-order valence-corrected chi connectivity index (χ3v) is 5.32. The van der Waals surface area contributed by atoms with Crippen LogP contribution < -0.4 is 0 Å². The summed E-state index contributed by atoms with van der Waals surface area (Å²) in [6.07, 6.45) is 0. The molecule has 1 heterocycles. The minimum absolute atomic E-state index is 0.123. The van der Waals surface area contributed by atoms with E-state index in [0.29, 0.717) is 12.1 Å². The van der Waals surface area contributed by atoms with Gasteiger partial charge in [-0.2, -0.15) is 0 Å². The molecule has 4 nitrogen and oxygen atoms in total. The maximum absolute atomic E-state index is 11.7. The monoisotopic (exact) mass is 235 g/mol. The van der Waals surface area contributed by atoms with Gasteiger partial charge in [-0.1, -0.05) is 6.92 Å². The zero-order valence-electron chi connectivity index (χ0n) is 8.10. The van der Waals surface area contributed by atoms with Gasteiger partial charge in [0.1, 0.15) is 4.21 Å². The largest absolute Gasteiger partial charge is 0.392 e. The van der Waals surface area contributed by atoms with E-state index >= 15 is 0 Å². The molecule has 0 fully saturated rings. The van der Waals surface area contributed by atoms with E-state index in [1.165, 1.54) is 17.4 Å². The van der Waals surface area contributed by atoms with Crippen molar-refractivity contribution < 1.29 is 13.5 Å². The Hall–Kier alpha value is -0.430. The van der Waals surface area contributed by atoms with Gasteiger partial charge in [-0.25, -0.2) is 12.7 Å². The molecule has 0 saturated carbocycles. The van der Waals surface area contributed by atoms with Crippen molar-refractivity contribution in [1.82, 2.24) is 4.31 Å². The predicted octanol–water partition coefficient (Wildman–Crippen LogP) is 0.881. The number of aliphatic hydroxyl groups excluding tert-OH is 1. The van der Waals surface area contributed by atoms with Crippen molar-refractivity contribution in [3.05, 3.63) is 17.0 Å². The molecule has 0 saturated heterocycles. The van der Waals surface area contributed by atoms with Gasteiger partial charge in [-0.15, -0.1) is 11.3 Å². The summed E-state index contributed by atoms with van der Waals surface area (Å²) < 4.78 is 25.1. The summed E-state index contributed by atoms with van der Waals surface area (Å²) in [5, 5.41) is 10.5. The molecule has 1 aromatic rings. The second kappa shape index (κ2) is 4.39. The van der Waals surface area contributed by atoms with Crippen molar-refractivity contribution in [2.75, 3.05) is 13.6 Å². The Morgan fingerprint density at radius 3 is 2.64 bits per heavy atom. The summed E-state index contributed by atoms with van der Waals surface area (Å²) >= 11 is 1.14. The van der Waals surface area contributed by atoms with Gasteiger partial charge in [-0.3, -0.25) is 0 Å². The van der Waals surface area contributed by atoms with E-state index < -0.39 is 10.0 Å². The molecular weight excluding hydrogens is 222 g/mol. The topological polar surface area (TPSA) is 57.6 Å². The number of hydrogen-bond donors (Lipinski definition) is 1. The van der Waals surface area contributed by atoms with Crippen LogP contribution in [0, 0.1) is 0 Å². The van der Waals surface area contributed by atoms with Gasteiger partial charge in [0.25, 0.3) is 10.0 Å². The molecule has 0 aliphatic rings. The first kappa shape index (κ1) is 11.6. The zero-order chi connectivity index (χ0) is 10.8. The van der Waals surface area contributed by atoms with Crippen LogP contribution in [0.15, 0.2) is 15.7 Å². The SMILES string of the molecule is CCN(C)S(=O)(=O)c1cc(CO)cs1. The Bertz CT molecular complexity index is 396. The molecule has 0 unspecified atom stereocenters.